The van der Waals surface area contributed by atoms with E-state index in [1.165, 1.54) is 27.1 Å². The zero-order valence-electron chi connectivity index (χ0n) is 8.62. The van der Waals surface area contributed by atoms with Gasteiger partial charge >= 0.3 is 0 Å². The van der Waals surface area contributed by atoms with E-state index in [1.807, 2.05) is 6.07 Å². The van der Waals surface area contributed by atoms with Crippen LogP contribution in [-0.4, -0.2) is 0 Å². The van der Waals surface area contributed by atoms with Gasteiger partial charge in [0.25, 0.3) is 0 Å². The summed E-state index contributed by atoms with van der Waals surface area (Å²) in [6.45, 7) is 2.14. The van der Waals surface area contributed by atoms with Crippen molar-refractivity contribution in [2.24, 2.45) is 0 Å². The van der Waals surface area contributed by atoms with Crippen molar-refractivity contribution in [1.29, 1.82) is 0 Å². The van der Waals surface area contributed by atoms with Crippen molar-refractivity contribution in [3.8, 4) is 0 Å². The predicted molar refractivity (Wildman–Crippen MR) is 65.0 cm³/mol. The molecule has 3 aromatic rings. The molecule has 15 heavy (non-hydrogen) atoms. The zero-order valence-corrected chi connectivity index (χ0v) is 8.62. The first kappa shape index (κ1) is 8.49. The summed E-state index contributed by atoms with van der Waals surface area (Å²) < 4.78 is 0. The van der Waals surface area contributed by atoms with Gasteiger partial charge < -0.3 is 0 Å². The van der Waals surface area contributed by atoms with Gasteiger partial charge in [-0.3, -0.25) is 0 Å². The summed E-state index contributed by atoms with van der Waals surface area (Å²) in [5.74, 6) is 0. The highest BCUT2D eigenvalue weighted by molar-refractivity contribution is 5.99. The van der Waals surface area contributed by atoms with Crippen LogP contribution in [0.5, 0.6) is 0 Å². The molecule has 0 spiro atoms. The molecule has 0 fully saturated rings. The second kappa shape index (κ2) is 3.09. The second-order valence-corrected chi connectivity index (χ2v) is 3.91. The van der Waals surface area contributed by atoms with Crippen LogP contribution < -0.4 is 0 Å². The number of hydrogen-bond acceptors (Lipinski definition) is 0. The summed E-state index contributed by atoms with van der Waals surface area (Å²) in [5, 5.41) is 5.09. The van der Waals surface area contributed by atoms with Crippen LogP contribution >= 0.6 is 0 Å². The summed E-state index contributed by atoms with van der Waals surface area (Å²) in [5.41, 5.74) is 1.31. The molecule has 0 atom stereocenters. The molecule has 0 amide bonds. The third kappa shape index (κ3) is 1.30. The number of aryl methyl sites for hydroxylation is 1. The summed E-state index contributed by atoms with van der Waals surface area (Å²) in [7, 11) is 0. The monoisotopic (exact) mass is 191 g/mol. The minimum atomic E-state index is 1.20. The summed E-state index contributed by atoms with van der Waals surface area (Å²) in [4.78, 5) is 0. The Balaban J connectivity index is 2.53. The first-order valence-electron chi connectivity index (χ1n) is 5.14. The molecular weight excluding hydrogens is 180 g/mol. The van der Waals surface area contributed by atoms with Crippen molar-refractivity contribution in [1.82, 2.24) is 0 Å². The standard InChI is InChI=1S/C15H11/c1-11-5-4-8-14-9-12-6-2-3-7-13(12)10-15(11)14/h2-7,9-10H,1H3. The van der Waals surface area contributed by atoms with E-state index in [0.717, 1.165) is 0 Å². The molecule has 0 nitrogen and oxygen atoms in total. The number of rotatable bonds is 0. The molecule has 3 rings (SSSR count). The number of benzene rings is 3. The molecule has 0 aliphatic heterocycles. The van der Waals surface area contributed by atoms with E-state index in [4.69, 9.17) is 0 Å². The Morgan fingerprint density at radius 2 is 1.67 bits per heavy atom. The maximum atomic E-state index is 3.28. The molecule has 0 bridgehead atoms. The normalized spacial score (nSPS) is 11.0. The lowest BCUT2D eigenvalue weighted by atomic mass is 10.0. The van der Waals surface area contributed by atoms with Crippen LogP contribution in [-0.2, 0) is 0 Å². The predicted octanol–water partition coefficient (Wildman–Crippen LogP) is 4.10. The van der Waals surface area contributed by atoms with Crippen LogP contribution in [0.1, 0.15) is 5.56 Å². The van der Waals surface area contributed by atoms with Gasteiger partial charge in [0.15, 0.2) is 0 Å². The summed E-state index contributed by atoms with van der Waals surface area (Å²) >= 11 is 0. The SMILES string of the molecule is Cc1cc[c]c2cc3ccccc3cc12. The smallest absolute Gasteiger partial charge is 0.00961 e. The van der Waals surface area contributed by atoms with Crippen LogP contribution in [0.25, 0.3) is 21.5 Å². The average molecular weight is 191 g/mol. The molecule has 0 heterocycles. The van der Waals surface area contributed by atoms with Crippen molar-refractivity contribution in [3.63, 3.8) is 0 Å². The fourth-order valence-electron chi connectivity index (χ4n) is 2.03. The van der Waals surface area contributed by atoms with E-state index in [9.17, 15) is 0 Å². The lowest BCUT2D eigenvalue weighted by Gasteiger charge is -2.04. The maximum absolute atomic E-state index is 3.28. The highest BCUT2D eigenvalue weighted by Gasteiger charge is 1.99. The van der Waals surface area contributed by atoms with Crippen LogP contribution in [0, 0.1) is 13.0 Å². The Morgan fingerprint density at radius 3 is 2.47 bits per heavy atom. The molecule has 0 saturated carbocycles. The Labute approximate surface area is 89.2 Å². The molecule has 0 saturated heterocycles. The van der Waals surface area contributed by atoms with Crippen molar-refractivity contribution < 1.29 is 0 Å². The molecule has 1 radical (unpaired) electrons. The Hall–Kier alpha value is -1.82. The van der Waals surface area contributed by atoms with E-state index in [-0.39, 0.29) is 0 Å². The van der Waals surface area contributed by atoms with Crippen molar-refractivity contribution in [2.75, 3.05) is 0 Å². The van der Waals surface area contributed by atoms with Gasteiger partial charge in [0.05, 0.1) is 0 Å². The lowest BCUT2D eigenvalue weighted by Crippen LogP contribution is -1.79. The van der Waals surface area contributed by atoms with Crippen LogP contribution in [0.4, 0.5) is 0 Å². The van der Waals surface area contributed by atoms with E-state index in [2.05, 4.69) is 55.5 Å². The molecule has 3 aromatic carbocycles. The van der Waals surface area contributed by atoms with Gasteiger partial charge in [0, 0.05) is 0 Å². The largest absolute Gasteiger partial charge is 0.0616 e. The van der Waals surface area contributed by atoms with Crippen LogP contribution in [0.3, 0.4) is 0 Å². The molecule has 0 aromatic heterocycles. The van der Waals surface area contributed by atoms with Gasteiger partial charge in [0.1, 0.15) is 0 Å². The van der Waals surface area contributed by atoms with Gasteiger partial charge in [-0.2, -0.15) is 0 Å². The first-order chi connectivity index (χ1) is 7.34. The third-order valence-electron chi connectivity index (χ3n) is 2.88. The van der Waals surface area contributed by atoms with Gasteiger partial charge in [-0.1, -0.05) is 36.4 Å². The zero-order chi connectivity index (χ0) is 10.3. The second-order valence-electron chi connectivity index (χ2n) is 3.91. The van der Waals surface area contributed by atoms with E-state index >= 15 is 0 Å². The van der Waals surface area contributed by atoms with E-state index in [0.29, 0.717) is 0 Å². The van der Waals surface area contributed by atoms with E-state index in [1.54, 1.807) is 0 Å². The van der Waals surface area contributed by atoms with Crippen molar-refractivity contribution >= 4 is 21.5 Å². The maximum Gasteiger partial charge on any atom is -0.00961 e. The van der Waals surface area contributed by atoms with Crippen molar-refractivity contribution in [2.45, 2.75) is 6.92 Å². The summed E-state index contributed by atoms with van der Waals surface area (Å²) in [6.07, 6.45) is 0. The number of fused-ring (bicyclic) bond motifs is 2. The van der Waals surface area contributed by atoms with Gasteiger partial charge in [-0.05, 0) is 52.2 Å². The molecule has 0 heteroatoms. The minimum absolute atomic E-state index is 1.20. The average Bonchev–Trinajstić information content (AvgIpc) is 2.27. The molecule has 0 unspecified atom stereocenters. The Bertz CT molecular complexity index is 636. The molecule has 0 aliphatic rings. The van der Waals surface area contributed by atoms with Crippen LogP contribution in [0.15, 0.2) is 48.5 Å². The summed E-state index contributed by atoms with van der Waals surface area (Å²) in [6, 6.07) is 20.3. The topological polar surface area (TPSA) is 0 Å². The Kier molecular flexibility index (Phi) is 1.75. The molecular formula is C15H11. The highest BCUT2D eigenvalue weighted by Crippen LogP contribution is 2.24. The number of hydrogen-bond donors (Lipinski definition) is 0. The van der Waals surface area contributed by atoms with E-state index < -0.39 is 0 Å². The van der Waals surface area contributed by atoms with Gasteiger partial charge in [-0.25, -0.2) is 0 Å². The molecule has 0 N–H and O–H groups in total. The van der Waals surface area contributed by atoms with Crippen molar-refractivity contribution in [3.05, 3.63) is 60.2 Å². The highest BCUT2D eigenvalue weighted by atomic mass is 14.0. The first-order valence-corrected chi connectivity index (χ1v) is 5.14. The fraction of sp³-hybridized carbons (Fsp3) is 0.0667. The molecule has 71 valence electrons. The minimum Gasteiger partial charge on any atom is -0.0616 e. The quantitative estimate of drug-likeness (QED) is 0.469. The van der Waals surface area contributed by atoms with Gasteiger partial charge in [-0.15, -0.1) is 0 Å². The Morgan fingerprint density at radius 1 is 0.933 bits per heavy atom. The van der Waals surface area contributed by atoms with Gasteiger partial charge in [0.2, 0.25) is 0 Å². The lowest BCUT2D eigenvalue weighted by molar-refractivity contribution is 1.53. The fourth-order valence-corrected chi connectivity index (χ4v) is 2.03. The molecule has 0 aliphatic carbocycles. The third-order valence-corrected chi connectivity index (χ3v) is 2.88. The van der Waals surface area contributed by atoms with Crippen LogP contribution in [0.2, 0.25) is 0 Å².